The summed E-state index contributed by atoms with van der Waals surface area (Å²) in [6.45, 7) is 7.97. The summed E-state index contributed by atoms with van der Waals surface area (Å²) < 4.78 is 1.58. The predicted octanol–water partition coefficient (Wildman–Crippen LogP) is 3.70. The van der Waals surface area contributed by atoms with Gasteiger partial charge in [-0.05, 0) is 31.9 Å². The molecule has 1 unspecified atom stereocenters. The Balaban J connectivity index is 2.14. The Kier molecular flexibility index (Phi) is 5.01. The maximum absolute atomic E-state index is 12.9. The number of hydrogen-bond donors (Lipinski definition) is 0. The van der Waals surface area contributed by atoms with Gasteiger partial charge in [0.1, 0.15) is 11.9 Å². The molecule has 1 saturated heterocycles. The van der Waals surface area contributed by atoms with Gasteiger partial charge in [0.05, 0.1) is 5.02 Å². The van der Waals surface area contributed by atoms with Gasteiger partial charge in [0.15, 0.2) is 5.82 Å². The van der Waals surface area contributed by atoms with Crippen LogP contribution in [0.1, 0.15) is 51.4 Å². The van der Waals surface area contributed by atoms with Crippen LogP contribution in [-0.4, -0.2) is 32.8 Å². The van der Waals surface area contributed by atoms with Gasteiger partial charge in [0, 0.05) is 24.6 Å². The molecule has 0 saturated carbocycles. The SMILES string of the molecule is CC(C)c1nc(-c2ccccc2Cl)nn(C(C)N2CCCC2)c1=O. The van der Waals surface area contributed by atoms with Gasteiger partial charge in [-0.2, -0.15) is 0 Å². The molecule has 5 nitrogen and oxygen atoms in total. The first-order valence-corrected chi connectivity index (χ1v) is 8.86. The molecule has 0 amide bonds. The molecule has 128 valence electrons. The lowest BCUT2D eigenvalue weighted by molar-refractivity contribution is 0.172. The summed E-state index contributed by atoms with van der Waals surface area (Å²) in [4.78, 5) is 19.7. The van der Waals surface area contributed by atoms with Crippen LogP contribution in [0, 0.1) is 0 Å². The Hall–Kier alpha value is -1.72. The van der Waals surface area contributed by atoms with Crippen molar-refractivity contribution in [1.82, 2.24) is 19.7 Å². The van der Waals surface area contributed by atoms with Crippen molar-refractivity contribution in [3.63, 3.8) is 0 Å². The van der Waals surface area contributed by atoms with Crippen LogP contribution >= 0.6 is 11.6 Å². The summed E-state index contributed by atoms with van der Waals surface area (Å²) >= 11 is 6.31. The minimum Gasteiger partial charge on any atom is -0.282 e. The average Bonchev–Trinajstić information content (AvgIpc) is 3.09. The first-order chi connectivity index (χ1) is 11.5. The lowest BCUT2D eigenvalue weighted by Crippen LogP contribution is -2.38. The van der Waals surface area contributed by atoms with Crippen LogP contribution < -0.4 is 5.56 Å². The van der Waals surface area contributed by atoms with Crippen LogP contribution in [0.2, 0.25) is 5.02 Å². The van der Waals surface area contributed by atoms with Gasteiger partial charge in [-0.3, -0.25) is 9.69 Å². The van der Waals surface area contributed by atoms with Crippen molar-refractivity contribution in [2.75, 3.05) is 13.1 Å². The van der Waals surface area contributed by atoms with E-state index in [1.54, 1.807) is 4.68 Å². The highest BCUT2D eigenvalue weighted by molar-refractivity contribution is 6.33. The highest BCUT2D eigenvalue weighted by atomic mass is 35.5. The molecule has 0 N–H and O–H groups in total. The molecule has 1 aromatic carbocycles. The lowest BCUT2D eigenvalue weighted by Gasteiger charge is -2.25. The maximum Gasteiger partial charge on any atom is 0.290 e. The van der Waals surface area contributed by atoms with Gasteiger partial charge >= 0.3 is 0 Å². The zero-order valence-electron chi connectivity index (χ0n) is 14.4. The second-order valence-electron chi connectivity index (χ2n) is 6.58. The van der Waals surface area contributed by atoms with Crippen molar-refractivity contribution in [1.29, 1.82) is 0 Å². The van der Waals surface area contributed by atoms with Gasteiger partial charge < -0.3 is 0 Å². The fourth-order valence-electron chi connectivity index (χ4n) is 3.10. The molecule has 0 bridgehead atoms. The third-order valence-electron chi connectivity index (χ3n) is 4.54. The topological polar surface area (TPSA) is 51.0 Å². The van der Waals surface area contributed by atoms with Crippen molar-refractivity contribution in [3.05, 3.63) is 45.3 Å². The number of rotatable bonds is 4. The fourth-order valence-corrected chi connectivity index (χ4v) is 3.33. The first-order valence-electron chi connectivity index (χ1n) is 8.48. The molecule has 3 rings (SSSR count). The molecule has 0 radical (unpaired) electrons. The molecule has 1 aliphatic heterocycles. The van der Waals surface area contributed by atoms with E-state index in [1.807, 2.05) is 45.0 Å². The molecular weight excluding hydrogens is 324 g/mol. The second-order valence-corrected chi connectivity index (χ2v) is 6.99. The molecule has 24 heavy (non-hydrogen) atoms. The third kappa shape index (κ3) is 3.23. The van der Waals surface area contributed by atoms with Gasteiger partial charge in [0.25, 0.3) is 5.56 Å². The number of aromatic nitrogens is 3. The van der Waals surface area contributed by atoms with Crippen molar-refractivity contribution in [3.8, 4) is 11.4 Å². The van der Waals surface area contributed by atoms with E-state index in [1.165, 1.54) is 12.8 Å². The van der Waals surface area contributed by atoms with Gasteiger partial charge in [-0.25, -0.2) is 9.67 Å². The smallest absolute Gasteiger partial charge is 0.282 e. The summed E-state index contributed by atoms with van der Waals surface area (Å²) in [7, 11) is 0. The minimum atomic E-state index is -0.111. The molecule has 1 atom stereocenters. The number of nitrogens with zero attached hydrogens (tertiary/aromatic N) is 4. The molecule has 6 heteroatoms. The van der Waals surface area contributed by atoms with Crippen molar-refractivity contribution >= 4 is 11.6 Å². The summed E-state index contributed by atoms with van der Waals surface area (Å²) in [6, 6.07) is 7.47. The quantitative estimate of drug-likeness (QED) is 0.847. The fraction of sp³-hybridized carbons (Fsp3) is 0.500. The number of benzene rings is 1. The zero-order chi connectivity index (χ0) is 17.3. The highest BCUT2D eigenvalue weighted by Crippen LogP contribution is 2.26. The van der Waals surface area contributed by atoms with E-state index >= 15 is 0 Å². The summed E-state index contributed by atoms with van der Waals surface area (Å²) in [6.07, 6.45) is 2.25. The Morgan fingerprint density at radius 1 is 1.12 bits per heavy atom. The van der Waals surface area contributed by atoms with Gasteiger partial charge in [-0.1, -0.05) is 37.6 Å². The molecule has 1 aliphatic rings. The molecule has 1 aromatic heterocycles. The van der Waals surface area contributed by atoms with E-state index in [0.717, 1.165) is 18.7 Å². The van der Waals surface area contributed by atoms with E-state index < -0.39 is 0 Å². The van der Waals surface area contributed by atoms with Gasteiger partial charge in [0.2, 0.25) is 0 Å². The van der Waals surface area contributed by atoms with Crippen molar-refractivity contribution < 1.29 is 0 Å². The van der Waals surface area contributed by atoms with Crippen LogP contribution in [0.5, 0.6) is 0 Å². The monoisotopic (exact) mass is 346 g/mol. The van der Waals surface area contributed by atoms with E-state index in [0.29, 0.717) is 16.5 Å². The Labute approximate surface area is 147 Å². The number of likely N-dealkylation sites (tertiary alicyclic amines) is 1. The van der Waals surface area contributed by atoms with Crippen molar-refractivity contribution in [2.24, 2.45) is 0 Å². The number of hydrogen-bond acceptors (Lipinski definition) is 4. The molecule has 1 fully saturated rings. The lowest BCUT2D eigenvalue weighted by atomic mass is 10.1. The Morgan fingerprint density at radius 3 is 2.42 bits per heavy atom. The van der Waals surface area contributed by atoms with Gasteiger partial charge in [-0.15, -0.1) is 5.10 Å². The molecule has 0 aliphatic carbocycles. The molecular formula is C18H23ClN4O. The second kappa shape index (κ2) is 7.03. The maximum atomic E-state index is 12.9. The van der Waals surface area contributed by atoms with Crippen LogP contribution in [0.15, 0.2) is 29.1 Å². The first kappa shape index (κ1) is 17.1. The zero-order valence-corrected chi connectivity index (χ0v) is 15.1. The number of halogens is 1. The van der Waals surface area contributed by atoms with E-state index in [2.05, 4.69) is 15.0 Å². The van der Waals surface area contributed by atoms with E-state index in [-0.39, 0.29) is 17.6 Å². The normalized spacial score (nSPS) is 16.7. The summed E-state index contributed by atoms with van der Waals surface area (Å²) in [5.74, 6) is 0.536. The van der Waals surface area contributed by atoms with Crippen LogP contribution in [0.4, 0.5) is 0 Å². The summed E-state index contributed by atoms with van der Waals surface area (Å²) in [5.41, 5.74) is 1.18. The van der Waals surface area contributed by atoms with E-state index in [9.17, 15) is 4.79 Å². The molecule has 0 spiro atoms. The van der Waals surface area contributed by atoms with Crippen LogP contribution in [0.25, 0.3) is 11.4 Å². The van der Waals surface area contributed by atoms with Crippen molar-refractivity contribution in [2.45, 2.75) is 45.7 Å². The standard InChI is InChI=1S/C18H23ClN4O/c1-12(2)16-18(24)23(13(3)22-10-6-7-11-22)21-17(20-16)14-8-4-5-9-15(14)19/h4-5,8-9,12-13H,6-7,10-11H2,1-3H3. The molecule has 2 aromatic rings. The molecule has 2 heterocycles. The largest absolute Gasteiger partial charge is 0.290 e. The predicted molar refractivity (Wildman–Crippen MR) is 96.3 cm³/mol. The minimum absolute atomic E-state index is 0.0266. The summed E-state index contributed by atoms with van der Waals surface area (Å²) in [5, 5.41) is 5.15. The van der Waals surface area contributed by atoms with Crippen LogP contribution in [-0.2, 0) is 0 Å². The Morgan fingerprint density at radius 2 is 1.79 bits per heavy atom. The Bertz CT molecular complexity index is 781. The average molecular weight is 347 g/mol. The van der Waals surface area contributed by atoms with Crippen LogP contribution in [0.3, 0.4) is 0 Å². The third-order valence-corrected chi connectivity index (χ3v) is 4.87. The van der Waals surface area contributed by atoms with E-state index in [4.69, 9.17) is 11.6 Å². The highest BCUT2D eigenvalue weighted by Gasteiger charge is 2.24.